The topological polar surface area (TPSA) is 57.4 Å². The first-order valence-electron chi connectivity index (χ1n) is 16.0. The molecule has 0 spiro atoms. The molecular weight excluding hydrogens is 672 g/mol. The molecule has 6 aromatic rings. The van der Waals surface area contributed by atoms with Gasteiger partial charge in [0.2, 0.25) is 0 Å². The largest absolute Gasteiger partial charge is 0.388 e. The molecule has 0 saturated heterocycles. The predicted octanol–water partition coefficient (Wildman–Crippen LogP) is 11.3. The third kappa shape index (κ3) is 5.92. The second-order valence-corrected chi connectivity index (χ2v) is 12.4. The molecular formula is C42H25ClF4N4. The van der Waals surface area contributed by atoms with Crippen molar-refractivity contribution in [3.05, 3.63) is 155 Å². The molecule has 2 aliphatic heterocycles. The number of aromatic amines is 2. The Morgan fingerprint density at radius 3 is 1.35 bits per heavy atom. The Morgan fingerprint density at radius 2 is 0.902 bits per heavy atom. The van der Waals surface area contributed by atoms with E-state index in [0.717, 1.165) is 16.7 Å². The summed E-state index contributed by atoms with van der Waals surface area (Å²) in [4.78, 5) is 16.0. The quantitative estimate of drug-likeness (QED) is 0.109. The van der Waals surface area contributed by atoms with Gasteiger partial charge in [-0.2, -0.15) is 17.6 Å². The highest BCUT2D eigenvalue weighted by Gasteiger charge is 2.57. The summed E-state index contributed by atoms with van der Waals surface area (Å²) in [7, 11) is 0. The highest BCUT2D eigenvalue weighted by atomic mass is 35.5. The summed E-state index contributed by atoms with van der Waals surface area (Å²) in [6.45, 7) is 0. The van der Waals surface area contributed by atoms with Gasteiger partial charge in [-0.3, -0.25) is 0 Å². The van der Waals surface area contributed by atoms with E-state index in [4.69, 9.17) is 21.6 Å². The van der Waals surface area contributed by atoms with Crippen LogP contribution >= 0.6 is 11.6 Å². The van der Waals surface area contributed by atoms with E-state index in [0.29, 0.717) is 50.5 Å². The van der Waals surface area contributed by atoms with Gasteiger partial charge >= 0.3 is 11.3 Å². The lowest BCUT2D eigenvalue weighted by Crippen LogP contribution is -2.33. The van der Waals surface area contributed by atoms with Gasteiger partial charge in [-0.15, -0.1) is 0 Å². The van der Waals surface area contributed by atoms with Gasteiger partial charge in [0.25, 0.3) is 0 Å². The van der Waals surface area contributed by atoms with Gasteiger partial charge in [-0.05, 0) is 83.4 Å². The Labute approximate surface area is 294 Å². The van der Waals surface area contributed by atoms with E-state index in [2.05, 4.69) is 21.8 Å². The summed E-state index contributed by atoms with van der Waals surface area (Å²) in [6.07, 6.45) is 7.30. The van der Waals surface area contributed by atoms with Crippen molar-refractivity contribution in [1.82, 2.24) is 19.9 Å². The first-order chi connectivity index (χ1) is 24.7. The monoisotopic (exact) mass is 696 g/mol. The minimum atomic E-state index is -4.91. The van der Waals surface area contributed by atoms with Gasteiger partial charge in [0, 0.05) is 27.7 Å². The van der Waals surface area contributed by atoms with Crippen LogP contribution in [0.4, 0.5) is 17.6 Å². The average Bonchev–Trinajstić information content (AvgIpc) is 3.96. The van der Waals surface area contributed by atoms with E-state index in [-0.39, 0.29) is 11.0 Å². The summed E-state index contributed by atoms with van der Waals surface area (Å²) in [5, 5.41) is -4.91. The smallest absolute Gasteiger partial charge is 0.354 e. The minimum Gasteiger partial charge on any atom is -0.354 e. The van der Waals surface area contributed by atoms with Crippen LogP contribution in [0.15, 0.2) is 115 Å². The number of hydrogen-bond acceptors (Lipinski definition) is 2. The number of nitrogens with zero attached hydrogens (tertiary/aromatic N) is 2. The minimum absolute atomic E-state index is 0.244. The highest BCUT2D eigenvalue weighted by Crippen LogP contribution is 2.48. The number of benzene rings is 3. The normalized spacial score (nSPS) is 12.5. The molecule has 0 atom stereocenters. The Balaban J connectivity index is 1.56. The zero-order valence-electron chi connectivity index (χ0n) is 26.6. The molecule has 51 heavy (non-hydrogen) atoms. The molecule has 0 fully saturated rings. The number of halogens is 5. The van der Waals surface area contributed by atoms with Crippen molar-refractivity contribution >= 4 is 58.0 Å². The molecule has 0 unspecified atom stereocenters. The molecule has 8 bridgehead atoms. The third-order valence-corrected chi connectivity index (χ3v) is 8.89. The Morgan fingerprint density at radius 1 is 0.490 bits per heavy atom. The van der Waals surface area contributed by atoms with Crippen molar-refractivity contribution in [1.29, 1.82) is 0 Å². The standard InChI is InChI=1S/C42H25ClF4N4/c43-42(46,47)41(44,45)40-36-24-22-34(50-36)38(27-12-6-2-7-13-27)32-20-18-30(48-32)29(17-16-26-10-4-1-5-11-26)31-19-21-33(49-31)39(28-14-8-3-9-15-28)35-23-25-37(40)51-35/h1-15,18-25,50-51H. The number of H-pyrrole nitrogens is 2. The van der Waals surface area contributed by atoms with Gasteiger partial charge in [0.1, 0.15) is 0 Å². The Kier molecular flexibility index (Phi) is 7.93. The van der Waals surface area contributed by atoms with Crippen LogP contribution in [-0.4, -0.2) is 25.3 Å². The molecule has 248 valence electrons. The molecule has 0 radical (unpaired) electrons. The molecule has 0 amide bonds. The van der Waals surface area contributed by atoms with Gasteiger partial charge in [0.05, 0.1) is 44.9 Å². The zero-order valence-corrected chi connectivity index (χ0v) is 27.3. The molecule has 4 nitrogen and oxygen atoms in total. The molecule has 3 aromatic heterocycles. The molecule has 2 N–H and O–H groups in total. The molecule has 9 heteroatoms. The van der Waals surface area contributed by atoms with E-state index in [1.165, 1.54) is 12.1 Å². The fraction of sp³-hybridized carbons (Fsp3) is 0.0476. The summed E-state index contributed by atoms with van der Waals surface area (Å²) in [5.41, 5.74) is 5.39. The summed E-state index contributed by atoms with van der Waals surface area (Å²) < 4.78 is 61.0. The molecule has 5 heterocycles. The number of hydrogen-bond donors (Lipinski definition) is 2. The van der Waals surface area contributed by atoms with Crippen molar-refractivity contribution in [3.63, 3.8) is 0 Å². The highest BCUT2D eigenvalue weighted by molar-refractivity contribution is 6.22. The zero-order chi connectivity index (χ0) is 35.2. The van der Waals surface area contributed by atoms with E-state index in [1.807, 2.05) is 115 Å². The van der Waals surface area contributed by atoms with Crippen LogP contribution < -0.4 is 0 Å². The second kappa shape index (κ2) is 12.6. The van der Waals surface area contributed by atoms with Crippen molar-refractivity contribution in [3.8, 4) is 34.1 Å². The van der Waals surface area contributed by atoms with Crippen LogP contribution in [0.25, 0.3) is 68.6 Å². The molecule has 2 aliphatic rings. The van der Waals surface area contributed by atoms with E-state index >= 15 is 8.78 Å². The fourth-order valence-electron chi connectivity index (χ4n) is 6.29. The lowest BCUT2D eigenvalue weighted by molar-refractivity contribution is -0.162. The van der Waals surface area contributed by atoms with Crippen molar-refractivity contribution in [2.75, 3.05) is 0 Å². The lowest BCUT2D eigenvalue weighted by atomic mass is 10.0. The predicted molar refractivity (Wildman–Crippen MR) is 197 cm³/mol. The van der Waals surface area contributed by atoms with Gasteiger partial charge in [0.15, 0.2) is 0 Å². The van der Waals surface area contributed by atoms with E-state index in [9.17, 15) is 8.78 Å². The Bertz CT molecular complexity index is 2450. The number of rotatable bonds is 4. The molecule has 0 aliphatic carbocycles. The number of aromatic nitrogens is 4. The lowest BCUT2D eigenvalue weighted by Gasteiger charge is -2.21. The summed E-state index contributed by atoms with van der Waals surface area (Å²) in [6, 6.07) is 33.9. The average molecular weight is 697 g/mol. The number of fused-ring (bicyclic) bond motifs is 8. The van der Waals surface area contributed by atoms with Gasteiger partial charge in [-0.1, -0.05) is 90.7 Å². The van der Waals surface area contributed by atoms with Gasteiger partial charge in [-0.25, -0.2) is 9.97 Å². The van der Waals surface area contributed by atoms with Crippen molar-refractivity contribution < 1.29 is 17.6 Å². The maximum Gasteiger partial charge on any atom is 0.388 e. The second-order valence-electron chi connectivity index (χ2n) is 11.9. The first-order valence-corrected chi connectivity index (χ1v) is 16.3. The third-order valence-electron chi connectivity index (χ3n) is 8.65. The van der Waals surface area contributed by atoms with Crippen LogP contribution in [0, 0.1) is 11.8 Å². The molecule has 3 aromatic carbocycles. The van der Waals surface area contributed by atoms with Crippen LogP contribution in [0.5, 0.6) is 0 Å². The summed E-state index contributed by atoms with van der Waals surface area (Å²) >= 11 is 5.14. The number of nitrogens with one attached hydrogen (secondary N) is 2. The number of alkyl halides is 5. The van der Waals surface area contributed by atoms with Crippen LogP contribution in [0.1, 0.15) is 39.5 Å². The molecule has 0 saturated carbocycles. The van der Waals surface area contributed by atoms with E-state index in [1.54, 1.807) is 12.1 Å². The SMILES string of the molecule is FC(F)(Cl)C(F)(F)c1c2ccc([nH]2)c(-c2ccccc2)c2nc(c(C#Cc3ccccc3)c3nc(c(-c4ccccc4)c4ccc1[nH]4)C=C3)C=C2. The van der Waals surface area contributed by atoms with Crippen LogP contribution in [-0.2, 0) is 5.92 Å². The van der Waals surface area contributed by atoms with Crippen molar-refractivity contribution in [2.24, 2.45) is 0 Å². The maximum atomic E-state index is 15.9. The van der Waals surface area contributed by atoms with Crippen LogP contribution in [0.2, 0.25) is 0 Å². The van der Waals surface area contributed by atoms with Crippen LogP contribution in [0.3, 0.4) is 0 Å². The fourth-order valence-corrected chi connectivity index (χ4v) is 6.38. The van der Waals surface area contributed by atoms with E-state index < -0.39 is 16.9 Å². The van der Waals surface area contributed by atoms with Crippen molar-refractivity contribution in [2.45, 2.75) is 11.3 Å². The molecule has 8 rings (SSSR count). The van der Waals surface area contributed by atoms with Gasteiger partial charge < -0.3 is 9.97 Å². The Hall–Kier alpha value is -6.17. The maximum absolute atomic E-state index is 15.9. The first kappa shape index (κ1) is 32.1. The summed E-state index contributed by atoms with van der Waals surface area (Å²) in [5.74, 6) is 1.77.